The largest absolute Gasteiger partial charge is 0.356 e. The molecule has 2 N–H and O–H groups in total. The lowest BCUT2D eigenvalue weighted by atomic mass is 10.00. The first-order valence-corrected chi connectivity index (χ1v) is 9.72. The quantitative estimate of drug-likeness (QED) is 0.722. The van der Waals surface area contributed by atoms with Crippen LogP contribution in [0.25, 0.3) is 0 Å². The van der Waals surface area contributed by atoms with E-state index < -0.39 is 12.1 Å². The normalized spacial score (nSPS) is 19.3. The monoisotopic (exact) mass is 381 g/mol. The molecule has 6 nitrogen and oxygen atoms in total. The van der Waals surface area contributed by atoms with E-state index in [9.17, 15) is 9.59 Å². The summed E-state index contributed by atoms with van der Waals surface area (Å²) in [6, 6.07) is 11.7. The summed E-state index contributed by atoms with van der Waals surface area (Å²) in [5, 5.41) is 5.76. The number of pyridine rings is 1. The molecule has 0 aliphatic carbocycles. The van der Waals surface area contributed by atoms with Crippen molar-refractivity contribution in [2.45, 2.75) is 44.8 Å². The summed E-state index contributed by atoms with van der Waals surface area (Å²) in [5.74, 6) is 0.0730. The Morgan fingerprint density at radius 2 is 2.07 bits per heavy atom. The average molecular weight is 381 g/mol. The molecule has 1 aromatic carbocycles. The van der Waals surface area contributed by atoms with Gasteiger partial charge in [0.2, 0.25) is 5.91 Å². The van der Waals surface area contributed by atoms with Gasteiger partial charge in [-0.25, -0.2) is 0 Å². The predicted molar refractivity (Wildman–Crippen MR) is 107 cm³/mol. The lowest BCUT2D eigenvalue weighted by Crippen LogP contribution is -2.52. The number of amides is 2. The molecule has 3 rings (SSSR count). The topological polar surface area (TPSA) is 80.3 Å². The lowest BCUT2D eigenvalue weighted by Gasteiger charge is -2.31. The van der Waals surface area contributed by atoms with Crippen molar-refractivity contribution in [2.75, 3.05) is 13.2 Å². The van der Waals surface area contributed by atoms with Crippen LogP contribution in [0.3, 0.4) is 0 Å². The van der Waals surface area contributed by atoms with Crippen LogP contribution in [-0.4, -0.2) is 36.1 Å². The second-order valence-electron chi connectivity index (χ2n) is 7.35. The minimum atomic E-state index is -0.757. The summed E-state index contributed by atoms with van der Waals surface area (Å²) in [6.45, 7) is 4.80. The zero-order chi connectivity index (χ0) is 19.9. The molecule has 2 amide bonds. The Labute approximate surface area is 165 Å². The van der Waals surface area contributed by atoms with Gasteiger partial charge in [-0.05, 0) is 41.5 Å². The Morgan fingerprint density at radius 3 is 2.75 bits per heavy atom. The van der Waals surface area contributed by atoms with Crippen LogP contribution < -0.4 is 10.6 Å². The van der Waals surface area contributed by atoms with Crippen molar-refractivity contribution in [3.8, 4) is 0 Å². The third-order valence-electron chi connectivity index (χ3n) is 4.90. The van der Waals surface area contributed by atoms with Crippen LogP contribution in [0.2, 0.25) is 0 Å². The number of aromatic nitrogens is 1. The Hall–Kier alpha value is -2.73. The van der Waals surface area contributed by atoms with Crippen LogP contribution in [-0.2, 0) is 20.7 Å². The highest BCUT2D eigenvalue weighted by atomic mass is 16.5. The number of ether oxygens (including phenoxy) is 1. The van der Waals surface area contributed by atoms with Crippen LogP contribution in [0.15, 0.2) is 48.8 Å². The van der Waals surface area contributed by atoms with Crippen molar-refractivity contribution >= 4 is 11.8 Å². The lowest BCUT2D eigenvalue weighted by molar-refractivity contribution is -0.148. The van der Waals surface area contributed by atoms with E-state index in [0.717, 1.165) is 18.4 Å². The second kappa shape index (κ2) is 9.46. The van der Waals surface area contributed by atoms with Gasteiger partial charge in [0.25, 0.3) is 5.91 Å². The molecular weight excluding hydrogens is 354 g/mol. The predicted octanol–water partition coefficient (Wildman–Crippen LogP) is 2.51. The summed E-state index contributed by atoms with van der Waals surface area (Å²) < 4.78 is 5.52. The summed E-state index contributed by atoms with van der Waals surface area (Å²) in [6.07, 6.45) is 4.27. The highest BCUT2D eigenvalue weighted by Gasteiger charge is 2.35. The number of nitrogens with one attached hydrogen (secondary N) is 2. The Balaban J connectivity index is 1.51. The van der Waals surface area contributed by atoms with Gasteiger partial charge < -0.3 is 15.4 Å². The maximum Gasteiger partial charge on any atom is 0.251 e. The third-order valence-corrected chi connectivity index (χ3v) is 4.90. The van der Waals surface area contributed by atoms with Gasteiger partial charge >= 0.3 is 0 Å². The fourth-order valence-electron chi connectivity index (χ4n) is 3.27. The highest BCUT2D eigenvalue weighted by Crippen LogP contribution is 2.22. The number of aryl methyl sites for hydroxylation is 1. The second-order valence-corrected chi connectivity index (χ2v) is 7.35. The van der Waals surface area contributed by atoms with Crippen molar-refractivity contribution < 1.29 is 14.3 Å². The molecule has 0 saturated carbocycles. The van der Waals surface area contributed by atoms with E-state index >= 15 is 0 Å². The van der Waals surface area contributed by atoms with Crippen LogP contribution in [0, 0.1) is 0 Å². The molecule has 0 unspecified atom stereocenters. The SMILES string of the molecule is CC(C)c1ccc(CCCNC(=O)[C@H]2OCC(=O)N[C@@H]2c2cccnc2)cc1. The standard InChI is InChI=1S/C22H27N3O3/c1-15(2)17-9-7-16(8-10-17)5-3-12-24-22(27)21-20(25-19(26)14-28-21)18-6-4-11-23-13-18/h4,6-11,13,15,20-21H,3,5,12,14H2,1-2H3,(H,24,27)(H,25,26)/t20-,21+/m1/s1. The fraction of sp³-hybridized carbons (Fsp3) is 0.409. The number of rotatable bonds is 7. The zero-order valence-electron chi connectivity index (χ0n) is 16.4. The first kappa shape index (κ1) is 20.0. The maximum absolute atomic E-state index is 12.6. The molecule has 2 atom stereocenters. The first-order chi connectivity index (χ1) is 13.5. The summed E-state index contributed by atoms with van der Waals surface area (Å²) >= 11 is 0. The van der Waals surface area contributed by atoms with E-state index in [-0.39, 0.29) is 18.4 Å². The van der Waals surface area contributed by atoms with E-state index in [1.54, 1.807) is 18.5 Å². The molecule has 1 fully saturated rings. The van der Waals surface area contributed by atoms with E-state index in [2.05, 4.69) is 53.7 Å². The zero-order valence-corrected chi connectivity index (χ0v) is 16.4. The number of morpholine rings is 1. The average Bonchev–Trinajstić information content (AvgIpc) is 2.72. The number of carbonyl (C=O) groups excluding carboxylic acids is 2. The Morgan fingerprint density at radius 1 is 1.29 bits per heavy atom. The highest BCUT2D eigenvalue weighted by molar-refractivity contribution is 5.86. The Kier molecular flexibility index (Phi) is 6.76. The molecule has 1 saturated heterocycles. The molecule has 2 aromatic rings. The van der Waals surface area contributed by atoms with Gasteiger partial charge in [0, 0.05) is 18.9 Å². The van der Waals surface area contributed by atoms with Crippen molar-refractivity contribution in [3.63, 3.8) is 0 Å². The van der Waals surface area contributed by atoms with Crippen LogP contribution in [0.4, 0.5) is 0 Å². The van der Waals surface area contributed by atoms with E-state index in [0.29, 0.717) is 12.5 Å². The molecule has 0 bridgehead atoms. The number of nitrogens with zero attached hydrogens (tertiary/aromatic N) is 1. The van der Waals surface area contributed by atoms with Gasteiger partial charge in [0.1, 0.15) is 6.61 Å². The van der Waals surface area contributed by atoms with E-state index in [1.165, 1.54) is 11.1 Å². The summed E-state index contributed by atoms with van der Waals surface area (Å²) in [4.78, 5) is 28.4. The van der Waals surface area contributed by atoms with Crippen molar-refractivity contribution in [1.82, 2.24) is 15.6 Å². The van der Waals surface area contributed by atoms with Gasteiger partial charge in [-0.3, -0.25) is 14.6 Å². The van der Waals surface area contributed by atoms with E-state index in [1.807, 2.05) is 6.07 Å². The molecule has 6 heteroatoms. The molecule has 1 aliphatic heterocycles. The minimum Gasteiger partial charge on any atom is -0.356 e. The molecule has 1 aliphatic rings. The van der Waals surface area contributed by atoms with Gasteiger partial charge in [-0.2, -0.15) is 0 Å². The summed E-state index contributed by atoms with van der Waals surface area (Å²) in [7, 11) is 0. The van der Waals surface area contributed by atoms with Crippen molar-refractivity contribution in [1.29, 1.82) is 0 Å². The minimum absolute atomic E-state index is 0.114. The molecule has 148 valence electrons. The molecular formula is C22H27N3O3. The van der Waals surface area contributed by atoms with Gasteiger partial charge in [0.05, 0.1) is 6.04 Å². The van der Waals surface area contributed by atoms with E-state index in [4.69, 9.17) is 4.74 Å². The fourth-order valence-corrected chi connectivity index (χ4v) is 3.27. The van der Waals surface area contributed by atoms with Crippen molar-refractivity contribution in [2.24, 2.45) is 0 Å². The molecule has 0 spiro atoms. The van der Waals surface area contributed by atoms with Crippen LogP contribution in [0.5, 0.6) is 0 Å². The van der Waals surface area contributed by atoms with Crippen LogP contribution in [0.1, 0.15) is 48.9 Å². The maximum atomic E-state index is 12.6. The number of carbonyl (C=O) groups is 2. The van der Waals surface area contributed by atoms with Crippen molar-refractivity contribution in [3.05, 3.63) is 65.5 Å². The first-order valence-electron chi connectivity index (χ1n) is 9.72. The van der Waals surface area contributed by atoms with Gasteiger partial charge in [-0.1, -0.05) is 44.2 Å². The molecule has 1 aromatic heterocycles. The number of hydrogen-bond acceptors (Lipinski definition) is 4. The molecule has 0 radical (unpaired) electrons. The number of benzene rings is 1. The summed E-state index contributed by atoms with van der Waals surface area (Å²) in [5.41, 5.74) is 3.34. The number of hydrogen-bond donors (Lipinski definition) is 2. The third kappa shape index (κ3) is 5.16. The van der Waals surface area contributed by atoms with Gasteiger partial charge in [0.15, 0.2) is 6.10 Å². The van der Waals surface area contributed by atoms with Crippen LogP contribution >= 0.6 is 0 Å². The molecule has 28 heavy (non-hydrogen) atoms. The van der Waals surface area contributed by atoms with Gasteiger partial charge in [-0.15, -0.1) is 0 Å². The molecule has 2 heterocycles. The smallest absolute Gasteiger partial charge is 0.251 e. The Bertz CT molecular complexity index is 790.